The summed E-state index contributed by atoms with van der Waals surface area (Å²) in [4.78, 5) is 1.77. The van der Waals surface area contributed by atoms with E-state index in [1.54, 1.807) is 4.79 Å². The molecule has 1 aliphatic rings. The molecule has 0 saturated heterocycles. The number of anilines is 1. The lowest BCUT2D eigenvalue weighted by Gasteiger charge is -2.06. The van der Waals surface area contributed by atoms with Gasteiger partial charge in [-0.3, -0.25) is 0 Å². The molecule has 3 rings (SSSR count). The first kappa shape index (κ1) is 11.1. The average Bonchev–Trinajstić information content (AvgIpc) is 3.14. The highest BCUT2D eigenvalue weighted by Gasteiger charge is 2.20. The fourth-order valence-corrected chi connectivity index (χ4v) is 1.85. The van der Waals surface area contributed by atoms with Gasteiger partial charge < -0.3 is 10.7 Å². The molecule has 1 heterocycles. The zero-order chi connectivity index (χ0) is 12.2. The topological polar surface area (TPSA) is 41.9 Å². The van der Waals surface area contributed by atoms with E-state index in [1.807, 2.05) is 30.5 Å². The van der Waals surface area contributed by atoms with E-state index in [4.69, 9.17) is 0 Å². The predicted octanol–water partition coefficient (Wildman–Crippen LogP) is 2.45. The van der Waals surface area contributed by atoms with Crippen molar-refractivity contribution in [3.05, 3.63) is 48.2 Å². The van der Waals surface area contributed by atoms with E-state index in [0.29, 0.717) is 0 Å². The second-order valence-electron chi connectivity index (χ2n) is 4.79. The molecule has 4 heteroatoms. The first-order valence-corrected chi connectivity index (χ1v) is 6.47. The maximum absolute atomic E-state index is 4.42. The highest BCUT2D eigenvalue weighted by molar-refractivity contribution is 5.32. The van der Waals surface area contributed by atoms with E-state index in [0.717, 1.165) is 24.8 Å². The summed E-state index contributed by atoms with van der Waals surface area (Å²) >= 11 is 0. The van der Waals surface area contributed by atoms with Gasteiger partial charge in [-0.2, -0.15) is 4.79 Å². The molecule has 0 radical (unpaired) electrons. The van der Waals surface area contributed by atoms with Crippen LogP contribution in [-0.4, -0.2) is 16.4 Å². The Balaban J connectivity index is 1.50. The third-order valence-corrected chi connectivity index (χ3v) is 3.15. The Bertz CT molecular complexity index is 488. The Labute approximate surface area is 107 Å². The zero-order valence-electron chi connectivity index (χ0n) is 10.3. The normalized spacial score (nSPS) is 14.4. The Morgan fingerprint density at radius 3 is 2.78 bits per heavy atom. The summed E-state index contributed by atoms with van der Waals surface area (Å²) in [5.41, 5.74) is 4.50. The van der Waals surface area contributed by atoms with Crippen molar-refractivity contribution >= 4 is 5.82 Å². The average molecular weight is 242 g/mol. The van der Waals surface area contributed by atoms with Gasteiger partial charge in [0.25, 0.3) is 0 Å². The summed E-state index contributed by atoms with van der Waals surface area (Å²) in [6.45, 7) is 1.83. The smallest absolute Gasteiger partial charge is 0.150 e. The van der Waals surface area contributed by atoms with Crippen LogP contribution < -0.4 is 10.7 Å². The standard InChI is InChI=1S/C14H18N4/c1-2-4-12(5-3-1)11-16-18-9-8-14(17-18)15-10-13-6-7-13/h1-5,8-9,13,16H,6-7,10-11H2,(H,15,17). The monoisotopic (exact) mass is 242 g/mol. The van der Waals surface area contributed by atoms with Crippen molar-refractivity contribution in [3.63, 3.8) is 0 Å². The van der Waals surface area contributed by atoms with Crippen LogP contribution in [-0.2, 0) is 6.54 Å². The van der Waals surface area contributed by atoms with Crippen molar-refractivity contribution in [2.45, 2.75) is 19.4 Å². The van der Waals surface area contributed by atoms with E-state index in [9.17, 15) is 0 Å². The van der Waals surface area contributed by atoms with Crippen LogP contribution in [0.25, 0.3) is 0 Å². The van der Waals surface area contributed by atoms with Crippen LogP contribution in [0.5, 0.6) is 0 Å². The molecule has 2 aromatic rings. The van der Waals surface area contributed by atoms with Gasteiger partial charge in [-0.05, 0) is 24.3 Å². The Morgan fingerprint density at radius 1 is 1.17 bits per heavy atom. The molecule has 94 valence electrons. The van der Waals surface area contributed by atoms with Crippen LogP contribution in [0.3, 0.4) is 0 Å². The molecule has 1 aromatic heterocycles. The third kappa shape index (κ3) is 3.03. The van der Waals surface area contributed by atoms with Crippen LogP contribution in [0.4, 0.5) is 5.82 Å². The summed E-state index contributed by atoms with van der Waals surface area (Å²) in [5, 5.41) is 7.77. The summed E-state index contributed by atoms with van der Waals surface area (Å²) in [5.74, 6) is 1.81. The number of hydrogen-bond acceptors (Lipinski definition) is 3. The first-order chi connectivity index (χ1) is 8.90. The molecule has 0 unspecified atom stereocenters. The van der Waals surface area contributed by atoms with Gasteiger partial charge in [-0.15, -0.1) is 5.10 Å². The maximum Gasteiger partial charge on any atom is 0.150 e. The summed E-state index contributed by atoms with van der Waals surface area (Å²) in [6, 6.07) is 12.3. The molecule has 0 bridgehead atoms. The van der Waals surface area contributed by atoms with Gasteiger partial charge in [0.15, 0.2) is 0 Å². The number of rotatable bonds is 6. The fraction of sp³-hybridized carbons (Fsp3) is 0.357. The van der Waals surface area contributed by atoms with Gasteiger partial charge in [0.2, 0.25) is 0 Å². The minimum atomic E-state index is 0.782. The van der Waals surface area contributed by atoms with E-state index in [2.05, 4.69) is 28.0 Å². The summed E-state index contributed by atoms with van der Waals surface area (Å²) in [7, 11) is 0. The van der Waals surface area contributed by atoms with Crippen molar-refractivity contribution in [3.8, 4) is 0 Å². The SMILES string of the molecule is c1ccc(CNn2ccc(NCC3CC3)n2)cc1. The molecule has 0 amide bonds. The van der Waals surface area contributed by atoms with Crippen LogP contribution >= 0.6 is 0 Å². The Hall–Kier alpha value is -1.97. The van der Waals surface area contributed by atoms with Gasteiger partial charge in [0, 0.05) is 12.6 Å². The molecule has 0 aliphatic heterocycles. The van der Waals surface area contributed by atoms with Gasteiger partial charge >= 0.3 is 0 Å². The van der Waals surface area contributed by atoms with Crippen LogP contribution in [0.15, 0.2) is 42.6 Å². The highest BCUT2D eigenvalue weighted by atomic mass is 15.6. The molecule has 1 fully saturated rings. The molecular formula is C14H18N4. The molecule has 0 spiro atoms. The molecule has 1 aliphatic carbocycles. The van der Waals surface area contributed by atoms with Crippen molar-refractivity contribution in [1.82, 2.24) is 9.89 Å². The molecule has 0 atom stereocenters. The highest BCUT2D eigenvalue weighted by Crippen LogP contribution is 2.28. The number of hydrogen-bond donors (Lipinski definition) is 2. The van der Waals surface area contributed by atoms with Crippen LogP contribution in [0.1, 0.15) is 18.4 Å². The van der Waals surface area contributed by atoms with Gasteiger partial charge in [-0.25, -0.2) is 0 Å². The first-order valence-electron chi connectivity index (χ1n) is 6.47. The zero-order valence-corrected chi connectivity index (χ0v) is 10.3. The van der Waals surface area contributed by atoms with E-state index < -0.39 is 0 Å². The second kappa shape index (κ2) is 5.12. The van der Waals surface area contributed by atoms with Crippen molar-refractivity contribution in [2.75, 3.05) is 17.3 Å². The number of benzene rings is 1. The lowest BCUT2D eigenvalue weighted by molar-refractivity contribution is 0.730. The van der Waals surface area contributed by atoms with E-state index in [1.165, 1.54) is 18.4 Å². The van der Waals surface area contributed by atoms with Crippen molar-refractivity contribution in [1.29, 1.82) is 0 Å². The quantitative estimate of drug-likeness (QED) is 0.817. The minimum Gasteiger partial charge on any atom is -0.368 e. The minimum absolute atomic E-state index is 0.782. The molecule has 4 nitrogen and oxygen atoms in total. The summed E-state index contributed by atoms with van der Waals surface area (Å²) in [6.07, 6.45) is 4.66. The molecule has 18 heavy (non-hydrogen) atoms. The van der Waals surface area contributed by atoms with Crippen LogP contribution in [0.2, 0.25) is 0 Å². The maximum atomic E-state index is 4.42. The largest absolute Gasteiger partial charge is 0.368 e. The molecular weight excluding hydrogens is 224 g/mol. The van der Waals surface area contributed by atoms with Gasteiger partial charge in [0.1, 0.15) is 5.82 Å². The molecule has 2 N–H and O–H groups in total. The van der Waals surface area contributed by atoms with Gasteiger partial charge in [0.05, 0.1) is 12.7 Å². The van der Waals surface area contributed by atoms with E-state index >= 15 is 0 Å². The summed E-state index contributed by atoms with van der Waals surface area (Å²) < 4.78 is 0. The van der Waals surface area contributed by atoms with Gasteiger partial charge in [-0.1, -0.05) is 30.3 Å². The lowest BCUT2D eigenvalue weighted by atomic mass is 10.2. The van der Waals surface area contributed by atoms with E-state index in [-0.39, 0.29) is 0 Å². The Kier molecular flexibility index (Phi) is 3.17. The fourth-order valence-electron chi connectivity index (χ4n) is 1.85. The Morgan fingerprint density at radius 2 is 2.00 bits per heavy atom. The molecule has 1 saturated carbocycles. The number of nitrogens with one attached hydrogen (secondary N) is 2. The second-order valence-corrected chi connectivity index (χ2v) is 4.79. The van der Waals surface area contributed by atoms with Crippen molar-refractivity contribution in [2.24, 2.45) is 5.92 Å². The number of nitrogens with zero attached hydrogens (tertiary/aromatic N) is 2. The molecule has 1 aromatic carbocycles. The third-order valence-electron chi connectivity index (χ3n) is 3.15. The predicted molar refractivity (Wildman–Crippen MR) is 72.9 cm³/mol. The van der Waals surface area contributed by atoms with Crippen LogP contribution in [0, 0.1) is 5.92 Å². The number of aromatic nitrogens is 2. The lowest BCUT2D eigenvalue weighted by Crippen LogP contribution is -2.15. The van der Waals surface area contributed by atoms with Crippen molar-refractivity contribution < 1.29 is 0 Å².